The van der Waals surface area contributed by atoms with E-state index < -0.39 is 10.8 Å². The summed E-state index contributed by atoms with van der Waals surface area (Å²) >= 11 is 7.43. The van der Waals surface area contributed by atoms with Crippen LogP contribution in [0.25, 0.3) is 66.1 Å². The first kappa shape index (κ1) is 55.5. The molecule has 95 heavy (non-hydrogen) atoms. The number of para-hydroxylation sites is 12. The Morgan fingerprint density at radius 1 is 0.242 bits per heavy atom. The van der Waals surface area contributed by atoms with E-state index in [0.717, 1.165) is 139 Å². The molecular weight excluding hydrogens is 1300 g/mol. The van der Waals surface area contributed by atoms with Crippen LogP contribution in [0.1, 0.15) is 55.6 Å². The predicted molar refractivity (Wildman–Crippen MR) is 389 cm³/mol. The highest BCUT2D eigenvalue weighted by Gasteiger charge is 2.53. The summed E-state index contributed by atoms with van der Waals surface area (Å²) in [4.78, 5) is 0. The monoisotopic (exact) mass is 1350 g/mol. The van der Waals surface area contributed by atoms with Gasteiger partial charge in [0.15, 0.2) is 11.5 Å². The second kappa shape index (κ2) is 21.7. The van der Waals surface area contributed by atoms with Crippen LogP contribution < -0.4 is 18.9 Å². The molecule has 0 bridgehead atoms. The van der Waals surface area contributed by atoms with Crippen molar-refractivity contribution in [2.45, 2.75) is 17.3 Å². The van der Waals surface area contributed by atoms with Gasteiger partial charge in [-0.25, -0.2) is 0 Å². The fourth-order valence-electron chi connectivity index (χ4n) is 16.1. The molecule has 0 radical (unpaired) electrons. The van der Waals surface area contributed by atoms with Crippen LogP contribution >= 0.6 is 31.9 Å². The second-order valence-corrected chi connectivity index (χ2v) is 26.4. The van der Waals surface area contributed by atoms with E-state index in [1.807, 2.05) is 36.4 Å². The number of rotatable bonds is 2. The highest BCUT2D eigenvalue weighted by Crippen LogP contribution is 2.65. The van der Waals surface area contributed by atoms with Crippen molar-refractivity contribution in [1.82, 2.24) is 9.13 Å². The first-order valence-electron chi connectivity index (χ1n) is 32.1. The van der Waals surface area contributed by atoms with Gasteiger partial charge in [0.2, 0.25) is 0 Å². The molecule has 6 nitrogen and oxygen atoms in total. The van der Waals surface area contributed by atoms with Crippen molar-refractivity contribution in [2.24, 2.45) is 0 Å². The van der Waals surface area contributed by atoms with Crippen molar-refractivity contribution in [1.29, 1.82) is 0 Å². The average molecular weight is 1350 g/mol. The van der Waals surface area contributed by atoms with Gasteiger partial charge >= 0.3 is 0 Å². The molecule has 4 aliphatic heterocycles. The molecule has 0 saturated carbocycles. The van der Waals surface area contributed by atoms with E-state index in [1.54, 1.807) is 0 Å². The third-order valence-corrected chi connectivity index (χ3v) is 21.1. The molecule has 0 amide bonds. The average Bonchev–Trinajstić information content (AvgIpc) is 1.23. The lowest BCUT2D eigenvalue weighted by Crippen LogP contribution is -2.37. The van der Waals surface area contributed by atoms with Crippen LogP contribution in [0.4, 0.5) is 0 Å². The van der Waals surface area contributed by atoms with E-state index in [2.05, 4.69) is 320 Å². The fourth-order valence-corrected chi connectivity index (χ4v) is 17.0. The number of halogens is 2. The van der Waals surface area contributed by atoms with E-state index in [4.69, 9.17) is 18.9 Å². The lowest BCUT2D eigenvalue weighted by molar-refractivity contribution is 0.396. The molecule has 0 N–H and O–H groups in total. The van der Waals surface area contributed by atoms with Crippen LogP contribution in [-0.2, 0) is 17.3 Å². The van der Waals surface area contributed by atoms with Gasteiger partial charge < -0.3 is 28.1 Å². The van der Waals surface area contributed by atoms with E-state index in [9.17, 15) is 0 Å². The summed E-state index contributed by atoms with van der Waals surface area (Å²) in [6, 6.07) is 111. The number of benzene rings is 14. The number of fused-ring (bicyclic) bond motifs is 25. The first-order chi connectivity index (χ1) is 47.0. The summed E-state index contributed by atoms with van der Waals surface area (Å²) < 4.78 is 33.7. The fraction of sp³-hybridized carbons (Fsp3) is 0.0345. The van der Waals surface area contributed by atoms with Crippen LogP contribution in [-0.4, -0.2) is 9.13 Å². The van der Waals surface area contributed by atoms with Gasteiger partial charge in [0, 0.05) is 66.1 Å². The Balaban J connectivity index is 0.000000126. The number of hydrogen-bond acceptors (Lipinski definition) is 4. The largest absolute Gasteiger partial charge is 0.455 e. The molecular formula is C87H54Br2N2O4. The van der Waals surface area contributed by atoms with Crippen LogP contribution in [0, 0.1) is 0 Å². The van der Waals surface area contributed by atoms with Crippen molar-refractivity contribution in [3.05, 3.63) is 380 Å². The van der Waals surface area contributed by atoms with E-state index in [-0.39, 0.29) is 0 Å². The highest BCUT2D eigenvalue weighted by atomic mass is 79.9. The van der Waals surface area contributed by atoms with Crippen LogP contribution in [0.5, 0.6) is 46.0 Å². The molecule has 14 aromatic carbocycles. The summed E-state index contributed by atoms with van der Waals surface area (Å²) in [6.07, 6.45) is 1.10. The van der Waals surface area contributed by atoms with E-state index >= 15 is 0 Å². The Bertz CT molecular complexity index is 5400. The van der Waals surface area contributed by atoms with Crippen molar-refractivity contribution in [2.75, 3.05) is 0 Å². The van der Waals surface area contributed by atoms with Crippen LogP contribution in [0.2, 0.25) is 0 Å². The molecule has 5 aliphatic rings. The normalized spacial score (nSPS) is 13.8. The maximum absolute atomic E-state index is 7.14. The van der Waals surface area contributed by atoms with Crippen LogP contribution in [0.15, 0.2) is 324 Å². The van der Waals surface area contributed by atoms with Gasteiger partial charge in [-0.2, -0.15) is 0 Å². The minimum Gasteiger partial charge on any atom is -0.455 e. The van der Waals surface area contributed by atoms with Gasteiger partial charge in [0.25, 0.3) is 0 Å². The van der Waals surface area contributed by atoms with Gasteiger partial charge in [0.05, 0.1) is 53.2 Å². The smallest absolute Gasteiger partial charge is 0.156 e. The third kappa shape index (κ3) is 8.08. The zero-order valence-electron chi connectivity index (χ0n) is 51.0. The quantitative estimate of drug-likeness (QED) is 0.173. The highest BCUT2D eigenvalue weighted by molar-refractivity contribution is 9.11. The molecule has 8 heteroatoms. The Labute approximate surface area is 565 Å². The molecule has 1 aliphatic carbocycles. The molecule has 0 saturated heterocycles. The summed E-state index contributed by atoms with van der Waals surface area (Å²) in [5.41, 5.74) is 19.8. The summed E-state index contributed by atoms with van der Waals surface area (Å²) in [5, 5.41) is 4.85. The lowest BCUT2D eigenvalue weighted by atomic mass is 9.62. The molecule has 450 valence electrons. The van der Waals surface area contributed by atoms with E-state index in [1.165, 1.54) is 43.8 Å². The van der Waals surface area contributed by atoms with Gasteiger partial charge in [-0.1, -0.05) is 243 Å². The van der Waals surface area contributed by atoms with Gasteiger partial charge in [-0.3, -0.25) is 0 Å². The topological polar surface area (TPSA) is 46.8 Å². The summed E-state index contributed by atoms with van der Waals surface area (Å²) in [7, 11) is 0. The Morgan fingerprint density at radius 3 is 0.863 bits per heavy atom. The minimum atomic E-state index is -0.752. The molecule has 0 unspecified atom stereocenters. The molecule has 16 aromatic rings. The number of ether oxygens (including phenoxy) is 4. The van der Waals surface area contributed by atoms with E-state index in [0.29, 0.717) is 0 Å². The minimum absolute atomic E-state index is 0.540. The molecule has 2 spiro atoms. The maximum atomic E-state index is 7.14. The molecule has 2 aromatic heterocycles. The third-order valence-electron chi connectivity index (χ3n) is 19.9. The SMILES string of the molecule is Brc1cccc2c1Oc1ccccc1C21c2ccccc2Oc2c(Br)cccc21.c1ccc2c(c1)Cc1ccccc1-2.c1ccc2c(c1)Oc1c(-n3c4ccccc4c4ccccc43)cccc1C21c2ccccc2Oc2c(-n3c4ccccc4c4ccccc43)cccc21. The van der Waals surface area contributed by atoms with Crippen molar-refractivity contribution < 1.29 is 18.9 Å². The molecule has 0 fully saturated rings. The summed E-state index contributed by atoms with van der Waals surface area (Å²) in [6.45, 7) is 0. The maximum Gasteiger partial charge on any atom is 0.156 e. The van der Waals surface area contributed by atoms with Crippen molar-refractivity contribution in [3.8, 4) is 68.5 Å². The summed E-state index contributed by atoms with van der Waals surface area (Å²) in [5.74, 6) is 6.73. The van der Waals surface area contributed by atoms with Crippen molar-refractivity contribution >= 4 is 75.5 Å². The van der Waals surface area contributed by atoms with Gasteiger partial charge in [-0.15, -0.1) is 0 Å². The Hall–Kier alpha value is -11.2. The first-order valence-corrected chi connectivity index (χ1v) is 33.6. The van der Waals surface area contributed by atoms with Gasteiger partial charge in [-0.05, 0) is 133 Å². The Kier molecular flexibility index (Phi) is 12.7. The number of hydrogen-bond donors (Lipinski definition) is 0. The zero-order chi connectivity index (χ0) is 62.9. The molecule has 21 rings (SSSR count). The zero-order valence-corrected chi connectivity index (χ0v) is 54.2. The number of nitrogens with zero attached hydrogens (tertiary/aromatic N) is 2. The second-order valence-electron chi connectivity index (χ2n) is 24.7. The predicted octanol–water partition coefficient (Wildman–Crippen LogP) is 23.5. The Morgan fingerprint density at radius 2 is 0.505 bits per heavy atom. The van der Waals surface area contributed by atoms with Crippen LogP contribution in [0.3, 0.4) is 0 Å². The molecule has 0 atom stereocenters. The number of aromatic nitrogens is 2. The standard InChI is InChI=1S/C49H30N2O2.C25H14Br2O2.C13H10/c1-7-23-39-31(15-1)32-16-2-8-24-40(32)50(39)43-27-13-21-37-47(43)52-45-29-11-5-19-35(45)49(37)36-20-6-12-30-46(36)53-48-38(49)22-14-28-44(48)51-41-25-9-3-17-33(41)34-18-4-10-26-42(34)51;26-19-11-5-9-17-23(19)28-21-13-3-1-7-15(21)25(17)16-8-2-4-14-22(16)29-24-18(25)10-6-12-20(24)27;1-3-7-12-10(5-1)9-11-6-2-4-8-13(11)12/h1-30H;1-14H;1-8H,9H2. The lowest BCUT2D eigenvalue weighted by Gasteiger charge is -2.45. The van der Waals surface area contributed by atoms with Crippen molar-refractivity contribution in [3.63, 3.8) is 0 Å². The molecule has 6 heterocycles. The van der Waals surface area contributed by atoms with Gasteiger partial charge in [0.1, 0.15) is 34.5 Å².